The number of nitrogens with one attached hydrogen (secondary N) is 1. The molecule has 0 bridgehead atoms. The number of benzene rings is 2. The third-order valence-corrected chi connectivity index (χ3v) is 6.89. The van der Waals surface area contributed by atoms with Gasteiger partial charge in [0.15, 0.2) is 0 Å². The van der Waals surface area contributed by atoms with Crippen LogP contribution in [0.1, 0.15) is 27.6 Å². The number of aliphatic hydroxyl groups is 1. The lowest BCUT2D eigenvalue weighted by atomic mass is 10.1. The second-order valence-electron chi connectivity index (χ2n) is 7.14. The summed E-state index contributed by atoms with van der Waals surface area (Å²) in [4.78, 5) is 15.4. The first kappa shape index (κ1) is 23.7. The number of nitrogen functional groups attached to an aromatic ring is 1. The van der Waals surface area contributed by atoms with E-state index in [0.29, 0.717) is 30.2 Å². The predicted molar refractivity (Wildman–Crippen MR) is 122 cm³/mol. The summed E-state index contributed by atoms with van der Waals surface area (Å²) in [6, 6.07) is 13.7. The van der Waals surface area contributed by atoms with Crippen molar-refractivity contribution < 1.29 is 18.3 Å². The summed E-state index contributed by atoms with van der Waals surface area (Å²) in [5.41, 5.74) is 12.6. The third-order valence-electron chi connectivity index (χ3n) is 4.90. The molecule has 0 aliphatic rings. The quantitative estimate of drug-likeness (QED) is 0.211. The standard InChI is InChI=1S/C22H23ClN4O4S/c23-21-8-3-15(12-27-21)20(28)13-26-10-9-14-1-4-16(5-2-14)32(30,31)17-6-7-19(24)18(11-17)22(25)29/h1-8,11-12,20,26,28H,9-10,13,24H2,(H2,25,29)/t20-/m0/s1. The van der Waals surface area contributed by atoms with Gasteiger partial charge in [-0.25, -0.2) is 13.4 Å². The smallest absolute Gasteiger partial charge is 0.250 e. The zero-order valence-electron chi connectivity index (χ0n) is 17.0. The Kier molecular flexibility index (Phi) is 7.47. The largest absolute Gasteiger partial charge is 0.398 e. The molecule has 0 aliphatic heterocycles. The number of amides is 1. The summed E-state index contributed by atoms with van der Waals surface area (Å²) in [6.07, 6.45) is 1.46. The lowest BCUT2D eigenvalue weighted by Crippen LogP contribution is -2.23. The topological polar surface area (TPSA) is 148 Å². The normalized spacial score (nSPS) is 12.4. The number of sulfone groups is 1. The SMILES string of the molecule is NC(=O)c1cc(S(=O)(=O)c2ccc(CCNC[C@H](O)c3ccc(Cl)nc3)cc2)ccc1N. The third kappa shape index (κ3) is 5.63. The molecule has 1 atom stereocenters. The molecule has 168 valence electrons. The zero-order chi connectivity index (χ0) is 23.3. The van der Waals surface area contributed by atoms with Crippen molar-refractivity contribution in [3.8, 4) is 0 Å². The van der Waals surface area contributed by atoms with E-state index in [0.717, 1.165) is 5.56 Å². The highest BCUT2D eigenvalue weighted by molar-refractivity contribution is 7.91. The van der Waals surface area contributed by atoms with E-state index in [1.807, 2.05) is 0 Å². The molecule has 0 spiro atoms. The van der Waals surface area contributed by atoms with Gasteiger partial charge in [-0.05, 0) is 54.9 Å². The first-order valence-electron chi connectivity index (χ1n) is 9.72. The highest BCUT2D eigenvalue weighted by Crippen LogP contribution is 2.24. The van der Waals surface area contributed by atoms with E-state index in [-0.39, 0.29) is 21.0 Å². The maximum absolute atomic E-state index is 12.9. The van der Waals surface area contributed by atoms with Crippen LogP contribution in [0, 0.1) is 0 Å². The second kappa shape index (κ2) is 10.1. The molecule has 2 aromatic carbocycles. The fourth-order valence-corrected chi connectivity index (χ4v) is 4.46. The maximum Gasteiger partial charge on any atom is 0.250 e. The van der Waals surface area contributed by atoms with Gasteiger partial charge in [0.05, 0.1) is 21.5 Å². The lowest BCUT2D eigenvalue weighted by Gasteiger charge is -2.12. The van der Waals surface area contributed by atoms with Crippen molar-refractivity contribution >= 4 is 33.0 Å². The molecular weight excluding hydrogens is 452 g/mol. The molecule has 10 heteroatoms. The Labute approximate surface area is 191 Å². The van der Waals surface area contributed by atoms with Gasteiger partial charge in [0.25, 0.3) is 5.91 Å². The average Bonchev–Trinajstić information content (AvgIpc) is 2.77. The van der Waals surface area contributed by atoms with Crippen LogP contribution < -0.4 is 16.8 Å². The number of halogens is 1. The highest BCUT2D eigenvalue weighted by atomic mass is 35.5. The fraction of sp³-hybridized carbons (Fsp3) is 0.182. The molecule has 1 amide bonds. The molecule has 32 heavy (non-hydrogen) atoms. The number of hydrogen-bond donors (Lipinski definition) is 4. The molecule has 0 unspecified atom stereocenters. The molecule has 3 rings (SSSR count). The summed E-state index contributed by atoms with van der Waals surface area (Å²) < 4.78 is 25.8. The van der Waals surface area contributed by atoms with E-state index in [4.69, 9.17) is 23.1 Å². The molecule has 0 fully saturated rings. The molecule has 0 saturated heterocycles. The number of nitrogens with zero attached hydrogens (tertiary/aromatic N) is 1. The van der Waals surface area contributed by atoms with Gasteiger partial charge < -0.3 is 21.9 Å². The van der Waals surface area contributed by atoms with E-state index in [2.05, 4.69) is 10.3 Å². The van der Waals surface area contributed by atoms with Gasteiger partial charge in [0.2, 0.25) is 9.84 Å². The number of carbonyl (C=O) groups excluding carboxylic acids is 1. The molecule has 1 aromatic heterocycles. The van der Waals surface area contributed by atoms with Crippen molar-refractivity contribution in [2.24, 2.45) is 5.73 Å². The van der Waals surface area contributed by atoms with E-state index in [1.165, 1.54) is 36.5 Å². The van der Waals surface area contributed by atoms with Gasteiger partial charge >= 0.3 is 0 Å². The van der Waals surface area contributed by atoms with Gasteiger partial charge in [0.1, 0.15) is 5.15 Å². The number of aliphatic hydroxyl groups excluding tert-OH is 1. The summed E-state index contributed by atoms with van der Waals surface area (Å²) >= 11 is 5.74. The van der Waals surface area contributed by atoms with Crippen LogP contribution in [0.15, 0.2) is 70.6 Å². The summed E-state index contributed by atoms with van der Waals surface area (Å²) in [6.45, 7) is 0.930. The number of rotatable bonds is 9. The number of aromatic nitrogens is 1. The van der Waals surface area contributed by atoms with Crippen LogP contribution in [0.5, 0.6) is 0 Å². The number of primary amides is 1. The fourth-order valence-electron chi connectivity index (χ4n) is 3.06. The maximum atomic E-state index is 12.9. The van der Waals surface area contributed by atoms with Crippen molar-refractivity contribution in [3.05, 3.63) is 82.6 Å². The van der Waals surface area contributed by atoms with Crippen molar-refractivity contribution in [2.45, 2.75) is 22.3 Å². The van der Waals surface area contributed by atoms with Crippen LogP contribution in [0.25, 0.3) is 0 Å². The Hall–Kier alpha value is -2.98. The average molecular weight is 475 g/mol. The van der Waals surface area contributed by atoms with E-state index in [9.17, 15) is 18.3 Å². The van der Waals surface area contributed by atoms with Gasteiger partial charge in [-0.1, -0.05) is 29.8 Å². The molecule has 0 radical (unpaired) electrons. The van der Waals surface area contributed by atoms with Crippen molar-refractivity contribution in [1.82, 2.24) is 10.3 Å². The predicted octanol–water partition coefficient (Wildman–Crippen LogP) is 2.11. The van der Waals surface area contributed by atoms with E-state index >= 15 is 0 Å². The molecule has 6 N–H and O–H groups in total. The minimum absolute atomic E-state index is 0.0367. The van der Waals surface area contributed by atoms with Crippen molar-refractivity contribution in [3.63, 3.8) is 0 Å². The van der Waals surface area contributed by atoms with Gasteiger partial charge in [-0.15, -0.1) is 0 Å². The summed E-state index contributed by atoms with van der Waals surface area (Å²) in [5, 5.41) is 13.7. The first-order valence-corrected chi connectivity index (χ1v) is 11.6. The molecule has 3 aromatic rings. The van der Waals surface area contributed by atoms with Crippen LogP contribution in [-0.4, -0.2) is 37.5 Å². The molecule has 8 nitrogen and oxygen atoms in total. The van der Waals surface area contributed by atoms with E-state index in [1.54, 1.807) is 24.3 Å². The molecule has 0 saturated carbocycles. The van der Waals surface area contributed by atoms with Crippen LogP contribution in [0.3, 0.4) is 0 Å². The number of pyridine rings is 1. The van der Waals surface area contributed by atoms with Gasteiger partial charge in [0, 0.05) is 24.0 Å². The number of carbonyl (C=O) groups is 1. The zero-order valence-corrected chi connectivity index (χ0v) is 18.6. The summed E-state index contributed by atoms with van der Waals surface area (Å²) in [5.74, 6) is -0.792. The van der Waals surface area contributed by atoms with Crippen molar-refractivity contribution in [1.29, 1.82) is 0 Å². The number of anilines is 1. The molecule has 1 heterocycles. The minimum atomic E-state index is -3.83. The van der Waals surface area contributed by atoms with E-state index < -0.39 is 21.8 Å². The second-order valence-corrected chi connectivity index (χ2v) is 9.48. The monoisotopic (exact) mass is 474 g/mol. The van der Waals surface area contributed by atoms with Gasteiger partial charge in [-0.3, -0.25) is 4.79 Å². The van der Waals surface area contributed by atoms with Crippen LogP contribution >= 0.6 is 11.6 Å². The first-order chi connectivity index (χ1) is 15.2. The van der Waals surface area contributed by atoms with Crippen LogP contribution in [-0.2, 0) is 16.3 Å². The lowest BCUT2D eigenvalue weighted by molar-refractivity contribution is 0.100. The van der Waals surface area contributed by atoms with Gasteiger partial charge in [-0.2, -0.15) is 0 Å². The minimum Gasteiger partial charge on any atom is -0.398 e. The Bertz CT molecular complexity index is 1200. The Morgan fingerprint density at radius 3 is 2.41 bits per heavy atom. The summed E-state index contributed by atoms with van der Waals surface area (Å²) in [7, 11) is -3.83. The highest BCUT2D eigenvalue weighted by Gasteiger charge is 2.20. The Balaban J connectivity index is 1.59. The van der Waals surface area contributed by atoms with Crippen LogP contribution in [0.4, 0.5) is 5.69 Å². The molecular formula is C22H23ClN4O4S. The van der Waals surface area contributed by atoms with Crippen LogP contribution in [0.2, 0.25) is 5.15 Å². The Morgan fingerprint density at radius 2 is 1.78 bits per heavy atom. The number of hydrogen-bond acceptors (Lipinski definition) is 7. The van der Waals surface area contributed by atoms with Crippen molar-refractivity contribution in [2.75, 3.05) is 18.8 Å². The number of nitrogens with two attached hydrogens (primary N) is 2. The molecule has 0 aliphatic carbocycles. The Morgan fingerprint density at radius 1 is 1.09 bits per heavy atom.